The number of nitrogens with one attached hydrogen (secondary N) is 1. The Morgan fingerprint density at radius 3 is 2.62 bits per heavy atom. The average molecular weight is 287 g/mol. The zero-order valence-corrected chi connectivity index (χ0v) is 12.9. The van der Waals surface area contributed by atoms with Crippen LogP contribution in [0.15, 0.2) is 36.4 Å². The summed E-state index contributed by atoms with van der Waals surface area (Å²) < 4.78 is 19.6. The highest BCUT2D eigenvalue weighted by molar-refractivity contribution is 5.36. The van der Waals surface area contributed by atoms with Crippen molar-refractivity contribution in [3.8, 4) is 5.75 Å². The van der Waals surface area contributed by atoms with Crippen LogP contribution in [0.4, 0.5) is 4.39 Å². The third-order valence-electron chi connectivity index (χ3n) is 3.40. The van der Waals surface area contributed by atoms with Gasteiger partial charge in [0.25, 0.3) is 0 Å². The summed E-state index contributed by atoms with van der Waals surface area (Å²) in [6, 6.07) is 11.2. The first-order valence-corrected chi connectivity index (χ1v) is 7.28. The van der Waals surface area contributed by atoms with Crippen LogP contribution in [0.1, 0.15) is 29.2 Å². The predicted octanol–water partition coefficient (Wildman–Crippen LogP) is 4.13. The standard InChI is InChI=1S/C18H22FNO/c1-4-20-11-15-6-7-17(19)16(10-15)12-21-18-8-5-13(2)9-14(18)3/h5-10,20H,4,11-12H2,1-3H3. The molecule has 112 valence electrons. The molecule has 0 aliphatic carbocycles. The van der Waals surface area contributed by atoms with E-state index in [1.54, 1.807) is 6.07 Å². The summed E-state index contributed by atoms with van der Waals surface area (Å²) in [7, 11) is 0. The molecule has 2 aromatic carbocycles. The fourth-order valence-electron chi connectivity index (χ4n) is 2.23. The molecule has 0 spiro atoms. The molecule has 2 aromatic rings. The smallest absolute Gasteiger partial charge is 0.129 e. The second-order valence-corrected chi connectivity index (χ2v) is 5.26. The van der Waals surface area contributed by atoms with Crippen molar-refractivity contribution in [2.45, 2.75) is 33.9 Å². The van der Waals surface area contributed by atoms with Crippen molar-refractivity contribution < 1.29 is 9.13 Å². The number of hydrogen-bond donors (Lipinski definition) is 1. The summed E-state index contributed by atoms with van der Waals surface area (Å²) >= 11 is 0. The van der Waals surface area contributed by atoms with E-state index in [0.717, 1.165) is 30.0 Å². The van der Waals surface area contributed by atoms with Gasteiger partial charge in [-0.2, -0.15) is 0 Å². The van der Waals surface area contributed by atoms with Crippen LogP contribution in [0.3, 0.4) is 0 Å². The zero-order chi connectivity index (χ0) is 15.2. The summed E-state index contributed by atoms with van der Waals surface area (Å²) in [5, 5.41) is 3.24. The van der Waals surface area contributed by atoms with Gasteiger partial charge in [0.1, 0.15) is 18.2 Å². The van der Waals surface area contributed by atoms with Crippen molar-refractivity contribution in [2.24, 2.45) is 0 Å². The zero-order valence-electron chi connectivity index (χ0n) is 12.9. The van der Waals surface area contributed by atoms with E-state index in [2.05, 4.69) is 11.4 Å². The van der Waals surface area contributed by atoms with Gasteiger partial charge in [-0.15, -0.1) is 0 Å². The Hall–Kier alpha value is -1.87. The van der Waals surface area contributed by atoms with E-state index in [1.807, 2.05) is 39.0 Å². The van der Waals surface area contributed by atoms with Gasteiger partial charge < -0.3 is 10.1 Å². The molecular weight excluding hydrogens is 265 g/mol. The largest absolute Gasteiger partial charge is 0.489 e. The monoisotopic (exact) mass is 287 g/mol. The number of halogens is 1. The van der Waals surface area contributed by atoms with Crippen molar-refractivity contribution in [1.82, 2.24) is 5.32 Å². The number of ether oxygens (including phenoxy) is 1. The normalized spacial score (nSPS) is 10.7. The second kappa shape index (κ2) is 7.23. The van der Waals surface area contributed by atoms with E-state index in [9.17, 15) is 4.39 Å². The number of benzene rings is 2. The Morgan fingerprint density at radius 2 is 1.90 bits per heavy atom. The molecule has 0 atom stereocenters. The van der Waals surface area contributed by atoms with Crippen LogP contribution in [-0.4, -0.2) is 6.54 Å². The van der Waals surface area contributed by atoms with Gasteiger partial charge in [-0.25, -0.2) is 4.39 Å². The minimum atomic E-state index is -0.222. The van der Waals surface area contributed by atoms with Crippen LogP contribution in [0.25, 0.3) is 0 Å². The summed E-state index contributed by atoms with van der Waals surface area (Å²) in [6.07, 6.45) is 0. The highest BCUT2D eigenvalue weighted by atomic mass is 19.1. The molecule has 0 unspecified atom stereocenters. The Bertz CT molecular complexity index is 610. The number of aryl methyl sites for hydroxylation is 2. The Labute approximate surface area is 126 Å². The molecule has 0 heterocycles. The van der Waals surface area contributed by atoms with Crippen molar-refractivity contribution in [3.05, 3.63) is 64.5 Å². The fourth-order valence-corrected chi connectivity index (χ4v) is 2.23. The highest BCUT2D eigenvalue weighted by Crippen LogP contribution is 2.21. The van der Waals surface area contributed by atoms with Gasteiger partial charge in [0.2, 0.25) is 0 Å². The first-order chi connectivity index (χ1) is 10.1. The van der Waals surface area contributed by atoms with Crippen LogP contribution in [-0.2, 0) is 13.2 Å². The molecule has 0 bridgehead atoms. The third-order valence-corrected chi connectivity index (χ3v) is 3.40. The molecule has 0 amide bonds. The van der Waals surface area contributed by atoms with E-state index in [4.69, 9.17) is 4.74 Å². The van der Waals surface area contributed by atoms with E-state index >= 15 is 0 Å². The molecule has 3 heteroatoms. The summed E-state index contributed by atoms with van der Waals surface area (Å²) in [5.74, 6) is 0.581. The second-order valence-electron chi connectivity index (χ2n) is 5.26. The van der Waals surface area contributed by atoms with Gasteiger partial charge in [-0.05, 0) is 49.7 Å². The average Bonchev–Trinajstić information content (AvgIpc) is 2.46. The molecular formula is C18H22FNO. The lowest BCUT2D eigenvalue weighted by atomic mass is 10.1. The van der Waals surface area contributed by atoms with Gasteiger partial charge in [-0.3, -0.25) is 0 Å². The lowest BCUT2D eigenvalue weighted by Gasteiger charge is -2.11. The van der Waals surface area contributed by atoms with Gasteiger partial charge >= 0.3 is 0 Å². The topological polar surface area (TPSA) is 21.3 Å². The fraction of sp³-hybridized carbons (Fsp3) is 0.333. The van der Waals surface area contributed by atoms with Crippen molar-refractivity contribution in [1.29, 1.82) is 0 Å². The van der Waals surface area contributed by atoms with Crippen LogP contribution in [0.5, 0.6) is 5.75 Å². The maximum atomic E-state index is 13.9. The lowest BCUT2D eigenvalue weighted by molar-refractivity contribution is 0.297. The van der Waals surface area contributed by atoms with Crippen LogP contribution in [0, 0.1) is 19.7 Å². The van der Waals surface area contributed by atoms with Crippen LogP contribution >= 0.6 is 0 Å². The van der Waals surface area contributed by atoms with E-state index in [-0.39, 0.29) is 12.4 Å². The van der Waals surface area contributed by atoms with Crippen molar-refractivity contribution in [3.63, 3.8) is 0 Å². The van der Waals surface area contributed by atoms with Crippen LogP contribution in [0.2, 0.25) is 0 Å². The van der Waals surface area contributed by atoms with Crippen molar-refractivity contribution >= 4 is 0 Å². The van der Waals surface area contributed by atoms with Gasteiger partial charge in [0, 0.05) is 12.1 Å². The minimum Gasteiger partial charge on any atom is -0.489 e. The van der Waals surface area contributed by atoms with E-state index in [0.29, 0.717) is 5.56 Å². The maximum Gasteiger partial charge on any atom is 0.129 e. The quantitative estimate of drug-likeness (QED) is 0.862. The van der Waals surface area contributed by atoms with E-state index in [1.165, 1.54) is 11.6 Å². The molecule has 0 aliphatic rings. The number of hydrogen-bond acceptors (Lipinski definition) is 2. The number of rotatable bonds is 6. The molecule has 21 heavy (non-hydrogen) atoms. The summed E-state index contributed by atoms with van der Waals surface area (Å²) in [5.41, 5.74) is 3.92. The summed E-state index contributed by atoms with van der Waals surface area (Å²) in [6.45, 7) is 7.98. The molecule has 1 N–H and O–H groups in total. The minimum absolute atomic E-state index is 0.222. The Kier molecular flexibility index (Phi) is 5.34. The predicted molar refractivity (Wildman–Crippen MR) is 84.0 cm³/mol. The van der Waals surface area contributed by atoms with Crippen LogP contribution < -0.4 is 10.1 Å². The molecule has 0 radical (unpaired) electrons. The molecule has 0 aromatic heterocycles. The molecule has 2 nitrogen and oxygen atoms in total. The van der Waals surface area contributed by atoms with Crippen molar-refractivity contribution in [2.75, 3.05) is 6.54 Å². The Balaban J connectivity index is 2.08. The van der Waals surface area contributed by atoms with Gasteiger partial charge in [0.05, 0.1) is 0 Å². The molecule has 0 saturated heterocycles. The maximum absolute atomic E-state index is 13.9. The molecule has 0 saturated carbocycles. The molecule has 2 rings (SSSR count). The lowest BCUT2D eigenvalue weighted by Crippen LogP contribution is -2.12. The third kappa shape index (κ3) is 4.30. The molecule has 0 aliphatic heterocycles. The highest BCUT2D eigenvalue weighted by Gasteiger charge is 2.06. The molecule has 0 fully saturated rings. The van der Waals surface area contributed by atoms with E-state index < -0.39 is 0 Å². The first-order valence-electron chi connectivity index (χ1n) is 7.28. The SMILES string of the molecule is CCNCc1ccc(F)c(COc2ccc(C)cc2C)c1. The summed E-state index contributed by atoms with van der Waals surface area (Å²) in [4.78, 5) is 0. The Morgan fingerprint density at radius 1 is 1.10 bits per heavy atom. The van der Waals surface area contributed by atoms with Gasteiger partial charge in [0.15, 0.2) is 0 Å². The first kappa shape index (κ1) is 15.5. The van der Waals surface area contributed by atoms with Gasteiger partial charge in [-0.1, -0.05) is 30.7 Å².